The Kier molecular flexibility index (Phi) is 4.53. The van der Waals surface area contributed by atoms with Gasteiger partial charge in [-0.2, -0.15) is 0 Å². The van der Waals surface area contributed by atoms with Gasteiger partial charge >= 0.3 is 0 Å². The van der Waals surface area contributed by atoms with Gasteiger partial charge < -0.3 is 9.84 Å². The van der Waals surface area contributed by atoms with Crippen molar-refractivity contribution in [3.63, 3.8) is 0 Å². The van der Waals surface area contributed by atoms with Crippen LogP contribution in [0.4, 0.5) is 8.78 Å². The second kappa shape index (κ2) is 6.18. The van der Waals surface area contributed by atoms with Crippen molar-refractivity contribution in [2.45, 2.75) is 26.4 Å². The molecule has 0 aliphatic heterocycles. The van der Waals surface area contributed by atoms with E-state index in [0.717, 1.165) is 17.2 Å². The summed E-state index contributed by atoms with van der Waals surface area (Å²) >= 11 is 0. The maximum absolute atomic E-state index is 13.7. The van der Waals surface area contributed by atoms with Crippen LogP contribution in [-0.2, 0) is 6.42 Å². The molecule has 1 unspecified atom stereocenters. The lowest BCUT2D eigenvalue weighted by Gasteiger charge is -2.16. The minimum absolute atomic E-state index is 0.0734. The van der Waals surface area contributed by atoms with Crippen LogP contribution < -0.4 is 4.74 Å². The number of nitrogens with zero attached hydrogens (tertiary/aromatic N) is 1. The smallest absolute Gasteiger partial charge is 0.164 e. The summed E-state index contributed by atoms with van der Waals surface area (Å²) < 4.78 is 32.2. The van der Waals surface area contributed by atoms with Crippen molar-refractivity contribution in [3.05, 3.63) is 58.4 Å². The van der Waals surface area contributed by atoms with Crippen LogP contribution in [0.2, 0.25) is 0 Å². The van der Waals surface area contributed by atoms with Gasteiger partial charge in [-0.25, -0.2) is 8.78 Å². The summed E-state index contributed by atoms with van der Waals surface area (Å²) in [5.41, 5.74) is 2.18. The predicted octanol–water partition coefficient (Wildman–Crippen LogP) is 3.26. The molecule has 5 heteroatoms. The van der Waals surface area contributed by atoms with Gasteiger partial charge in [0.1, 0.15) is 5.75 Å². The van der Waals surface area contributed by atoms with Crippen LogP contribution in [-0.4, -0.2) is 17.2 Å². The molecule has 1 N–H and O–H groups in total. The number of hydrogen-bond donors (Lipinski definition) is 1. The zero-order valence-corrected chi connectivity index (χ0v) is 12.2. The zero-order valence-electron chi connectivity index (χ0n) is 12.2. The Morgan fingerprint density at radius 1 is 1.29 bits per heavy atom. The van der Waals surface area contributed by atoms with Crippen LogP contribution in [0, 0.1) is 25.5 Å². The van der Waals surface area contributed by atoms with E-state index in [1.54, 1.807) is 13.3 Å². The maximum Gasteiger partial charge on any atom is 0.164 e. The Labute approximate surface area is 122 Å². The van der Waals surface area contributed by atoms with Crippen molar-refractivity contribution >= 4 is 0 Å². The maximum atomic E-state index is 13.7. The van der Waals surface area contributed by atoms with Crippen molar-refractivity contribution in [1.29, 1.82) is 0 Å². The molecule has 21 heavy (non-hydrogen) atoms. The second-order valence-electron chi connectivity index (χ2n) is 4.91. The molecule has 2 aromatic rings. The molecule has 0 amide bonds. The lowest BCUT2D eigenvalue weighted by molar-refractivity contribution is 0.170. The fourth-order valence-corrected chi connectivity index (χ4v) is 2.35. The summed E-state index contributed by atoms with van der Waals surface area (Å²) in [6.07, 6.45) is 0.554. The van der Waals surface area contributed by atoms with Gasteiger partial charge in [0.15, 0.2) is 11.6 Å². The molecule has 3 nitrogen and oxygen atoms in total. The summed E-state index contributed by atoms with van der Waals surface area (Å²) in [6.45, 7) is 3.69. The third-order valence-electron chi connectivity index (χ3n) is 3.48. The first-order chi connectivity index (χ1) is 9.95. The molecule has 0 radical (unpaired) electrons. The molecule has 0 aliphatic rings. The van der Waals surface area contributed by atoms with Crippen LogP contribution in [0.15, 0.2) is 24.4 Å². The van der Waals surface area contributed by atoms with Crippen molar-refractivity contribution in [1.82, 2.24) is 4.98 Å². The molecule has 1 atom stereocenters. The SMILES string of the molecule is COc1c(C)cnc(CC(O)c2cccc(F)c2F)c1C. The first kappa shape index (κ1) is 15.4. The minimum Gasteiger partial charge on any atom is -0.496 e. The average molecular weight is 293 g/mol. The number of benzene rings is 1. The summed E-state index contributed by atoms with van der Waals surface area (Å²) in [7, 11) is 1.56. The molecule has 0 fully saturated rings. The van der Waals surface area contributed by atoms with E-state index in [-0.39, 0.29) is 12.0 Å². The van der Waals surface area contributed by atoms with Crippen molar-refractivity contribution in [2.24, 2.45) is 0 Å². The van der Waals surface area contributed by atoms with E-state index in [1.165, 1.54) is 12.1 Å². The quantitative estimate of drug-likeness (QED) is 0.941. The van der Waals surface area contributed by atoms with E-state index < -0.39 is 17.7 Å². The number of halogens is 2. The first-order valence-corrected chi connectivity index (χ1v) is 6.56. The van der Waals surface area contributed by atoms with Gasteiger partial charge in [-0.1, -0.05) is 12.1 Å². The number of aliphatic hydroxyl groups excluding tert-OH is 1. The number of aliphatic hydroxyl groups is 1. The van der Waals surface area contributed by atoms with Gasteiger partial charge in [-0.3, -0.25) is 4.98 Å². The lowest BCUT2D eigenvalue weighted by Crippen LogP contribution is -2.09. The molecule has 0 saturated carbocycles. The molecule has 1 aromatic heterocycles. The number of ether oxygens (including phenoxy) is 1. The van der Waals surface area contributed by atoms with Crippen LogP contribution in [0.1, 0.15) is 28.5 Å². The van der Waals surface area contributed by atoms with E-state index in [0.29, 0.717) is 11.4 Å². The molecule has 112 valence electrons. The molecule has 0 spiro atoms. The van der Waals surface area contributed by atoms with E-state index in [1.807, 2.05) is 13.8 Å². The molecule has 0 bridgehead atoms. The highest BCUT2D eigenvalue weighted by Crippen LogP contribution is 2.28. The van der Waals surface area contributed by atoms with Gasteiger partial charge in [-0.05, 0) is 19.9 Å². The van der Waals surface area contributed by atoms with Crippen molar-refractivity contribution < 1.29 is 18.6 Å². The van der Waals surface area contributed by atoms with Gasteiger partial charge in [0.05, 0.1) is 13.2 Å². The first-order valence-electron chi connectivity index (χ1n) is 6.56. The molecule has 0 aliphatic carbocycles. The van der Waals surface area contributed by atoms with Gasteiger partial charge in [0, 0.05) is 35.0 Å². The summed E-state index contributed by atoms with van der Waals surface area (Å²) in [4.78, 5) is 4.25. The summed E-state index contributed by atoms with van der Waals surface area (Å²) in [6, 6.07) is 3.75. The summed E-state index contributed by atoms with van der Waals surface area (Å²) in [5.74, 6) is -1.31. The molecule has 0 saturated heterocycles. The minimum atomic E-state index is -1.17. The van der Waals surface area contributed by atoms with Crippen molar-refractivity contribution in [2.75, 3.05) is 7.11 Å². The monoisotopic (exact) mass is 293 g/mol. The zero-order chi connectivity index (χ0) is 15.6. The number of aromatic nitrogens is 1. The van der Waals surface area contributed by atoms with E-state index >= 15 is 0 Å². The molecular formula is C16H17F2NO2. The number of rotatable bonds is 4. The van der Waals surface area contributed by atoms with E-state index in [4.69, 9.17) is 4.74 Å². The number of aryl methyl sites for hydroxylation is 1. The molecule has 2 rings (SSSR count). The average Bonchev–Trinajstić information content (AvgIpc) is 2.45. The Hall–Kier alpha value is -2.01. The number of methoxy groups -OCH3 is 1. The van der Waals surface area contributed by atoms with E-state index in [2.05, 4.69) is 4.98 Å². The van der Waals surface area contributed by atoms with Crippen molar-refractivity contribution in [3.8, 4) is 5.75 Å². The fraction of sp³-hybridized carbons (Fsp3) is 0.312. The Morgan fingerprint density at radius 2 is 2.00 bits per heavy atom. The second-order valence-corrected chi connectivity index (χ2v) is 4.91. The lowest BCUT2D eigenvalue weighted by atomic mass is 10.0. The highest BCUT2D eigenvalue weighted by molar-refractivity contribution is 5.41. The Bertz CT molecular complexity index is 659. The highest BCUT2D eigenvalue weighted by atomic mass is 19.2. The topological polar surface area (TPSA) is 42.4 Å². The third kappa shape index (κ3) is 3.03. The van der Waals surface area contributed by atoms with Crippen LogP contribution >= 0.6 is 0 Å². The fourth-order valence-electron chi connectivity index (χ4n) is 2.35. The van der Waals surface area contributed by atoms with E-state index in [9.17, 15) is 13.9 Å². The van der Waals surface area contributed by atoms with Crippen LogP contribution in [0.5, 0.6) is 5.75 Å². The third-order valence-corrected chi connectivity index (χ3v) is 3.48. The molecule has 1 heterocycles. The van der Waals surface area contributed by atoms with Gasteiger partial charge in [0.2, 0.25) is 0 Å². The Morgan fingerprint density at radius 3 is 2.67 bits per heavy atom. The standard InChI is InChI=1S/C16H17F2NO2/c1-9-8-19-13(10(2)16(9)21-3)7-14(20)11-5-4-6-12(17)15(11)18/h4-6,8,14,20H,7H2,1-3H3. The molecule has 1 aromatic carbocycles. The number of pyridine rings is 1. The van der Waals surface area contributed by atoms with Gasteiger partial charge in [-0.15, -0.1) is 0 Å². The van der Waals surface area contributed by atoms with Crippen LogP contribution in [0.3, 0.4) is 0 Å². The predicted molar refractivity (Wildman–Crippen MR) is 75.3 cm³/mol. The summed E-state index contributed by atoms with van der Waals surface area (Å²) in [5, 5.41) is 10.1. The normalized spacial score (nSPS) is 12.3. The largest absolute Gasteiger partial charge is 0.496 e. The van der Waals surface area contributed by atoms with Crippen LogP contribution in [0.25, 0.3) is 0 Å². The number of hydrogen-bond acceptors (Lipinski definition) is 3. The Balaban J connectivity index is 2.32. The molecular weight excluding hydrogens is 276 g/mol. The van der Waals surface area contributed by atoms with Gasteiger partial charge in [0.25, 0.3) is 0 Å². The highest BCUT2D eigenvalue weighted by Gasteiger charge is 2.19.